The van der Waals surface area contributed by atoms with Crippen LogP contribution in [0, 0.1) is 0 Å². The number of rotatable bonds is 3. The number of oxazole rings is 1. The molecular weight excluding hydrogens is 376 g/mol. The molecule has 2 saturated heterocycles. The van der Waals surface area contributed by atoms with Crippen molar-refractivity contribution in [2.75, 3.05) is 55.3 Å². The number of nitrogens with zero attached hydrogens (tertiary/aromatic N) is 4. The van der Waals surface area contributed by atoms with Crippen molar-refractivity contribution in [3.8, 4) is 0 Å². The van der Waals surface area contributed by atoms with Crippen molar-refractivity contribution in [1.29, 1.82) is 0 Å². The standard InChI is InChI=1S/C19H28N6O4/c1-19(2,3)29-18(26)25-5-4-12(11-25)21-15-13(20)10-14-16(22-15)23-17(28-14)24-6-8-27-9-7-24/h10,12H,4-9,11,20H2,1-3H3,(H,21,22)/t12-/m0/s1. The van der Waals surface area contributed by atoms with Gasteiger partial charge in [-0.25, -0.2) is 9.78 Å². The molecule has 2 aromatic heterocycles. The monoisotopic (exact) mass is 404 g/mol. The first-order valence-electron chi connectivity index (χ1n) is 9.93. The van der Waals surface area contributed by atoms with Crippen LogP contribution in [0.2, 0.25) is 0 Å². The van der Waals surface area contributed by atoms with Crippen LogP contribution in [0.3, 0.4) is 0 Å². The van der Waals surface area contributed by atoms with E-state index in [2.05, 4.69) is 15.3 Å². The molecule has 4 heterocycles. The molecule has 0 bridgehead atoms. The Morgan fingerprint density at radius 1 is 1.28 bits per heavy atom. The maximum atomic E-state index is 12.3. The first kappa shape index (κ1) is 19.6. The molecular formula is C19H28N6O4. The van der Waals surface area contributed by atoms with E-state index in [1.807, 2.05) is 25.7 Å². The number of likely N-dealkylation sites (tertiary alicyclic amines) is 1. The number of anilines is 3. The van der Waals surface area contributed by atoms with Gasteiger partial charge in [-0.3, -0.25) is 0 Å². The highest BCUT2D eigenvalue weighted by Crippen LogP contribution is 2.28. The van der Waals surface area contributed by atoms with Crippen LogP contribution in [0.25, 0.3) is 11.2 Å². The Hall–Kier alpha value is -2.75. The van der Waals surface area contributed by atoms with E-state index in [4.69, 9.17) is 19.6 Å². The van der Waals surface area contributed by atoms with Crippen LogP contribution >= 0.6 is 0 Å². The SMILES string of the molecule is CC(C)(C)OC(=O)N1CC[C@H](Nc2nc3nc(N4CCOCC4)oc3cc2N)C1. The van der Waals surface area contributed by atoms with Crippen molar-refractivity contribution in [3.63, 3.8) is 0 Å². The molecule has 1 amide bonds. The minimum atomic E-state index is -0.509. The van der Waals surface area contributed by atoms with Crippen LogP contribution < -0.4 is 16.0 Å². The maximum absolute atomic E-state index is 12.3. The maximum Gasteiger partial charge on any atom is 0.410 e. The molecule has 29 heavy (non-hydrogen) atoms. The first-order valence-corrected chi connectivity index (χ1v) is 9.93. The summed E-state index contributed by atoms with van der Waals surface area (Å²) in [6.45, 7) is 9.50. The number of aromatic nitrogens is 2. The highest BCUT2D eigenvalue weighted by atomic mass is 16.6. The van der Waals surface area contributed by atoms with Crippen LogP contribution in [-0.2, 0) is 9.47 Å². The Morgan fingerprint density at radius 2 is 2.03 bits per heavy atom. The fraction of sp³-hybridized carbons (Fsp3) is 0.632. The minimum absolute atomic E-state index is 0.0420. The number of hydrogen-bond donors (Lipinski definition) is 2. The van der Waals surface area contributed by atoms with Crippen LogP contribution in [0.5, 0.6) is 0 Å². The van der Waals surface area contributed by atoms with Gasteiger partial charge < -0.3 is 34.7 Å². The summed E-state index contributed by atoms with van der Waals surface area (Å²) < 4.78 is 16.6. The van der Waals surface area contributed by atoms with Crippen LogP contribution in [0.15, 0.2) is 10.5 Å². The number of carbonyl (C=O) groups is 1. The van der Waals surface area contributed by atoms with Crippen LogP contribution in [-0.4, -0.2) is 72.0 Å². The number of hydrogen-bond acceptors (Lipinski definition) is 9. The molecule has 10 nitrogen and oxygen atoms in total. The van der Waals surface area contributed by atoms with E-state index in [0.29, 0.717) is 55.1 Å². The number of amides is 1. The second-order valence-corrected chi connectivity index (χ2v) is 8.40. The number of pyridine rings is 1. The molecule has 158 valence electrons. The lowest BCUT2D eigenvalue weighted by molar-refractivity contribution is 0.0293. The molecule has 0 radical (unpaired) electrons. The Morgan fingerprint density at radius 3 is 2.76 bits per heavy atom. The number of fused-ring (bicyclic) bond motifs is 1. The topological polar surface area (TPSA) is 119 Å². The predicted molar refractivity (Wildman–Crippen MR) is 109 cm³/mol. The van der Waals surface area contributed by atoms with Crippen molar-refractivity contribution in [1.82, 2.24) is 14.9 Å². The van der Waals surface area contributed by atoms with Crippen molar-refractivity contribution in [3.05, 3.63) is 6.07 Å². The molecule has 0 aromatic carbocycles. The van der Waals surface area contributed by atoms with E-state index in [-0.39, 0.29) is 12.1 Å². The Labute approximate surface area is 169 Å². The number of morpholine rings is 1. The molecule has 2 aliphatic rings. The lowest BCUT2D eigenvalue weighted by Crippen LogP contribution is -2.36. The van der Waals surface area contributed by atoms with Gasteiger partial charge in [0.05, 0.1) is 18.9 Å². The Balaban J connectivity index is 1.44. The second kappa shape index (κ2) is 7.58. The number of ether oxygens (including phenoxy) is 2. The van der Waals surface area contributed by atoms with Gasteiger partial charge in [0.2, 0.25) is 5.65 Å². The molecule has 10 heteroatoms. The highest BCUT2D eigenvalue weighted by molar-refractivity contribution is 5.80. The smallest absolute Gasteiger partial charge is 0.410 e. The normalized spacial score (nSPS) is 20.3. The zero-order chi connectivity index (χ0) is 20.6. The summed E-state index contributed by atoms with van der Waals surface area (Å²) in [4.78, 5) is 25.0. The number of nitrogens with two attached hydrogens (primary N) is 1. The van der Waals surface area contributed by atoms with E-state index >= 15 is 0 Å². The predicted octanol–water partition coefficient (Wildman–Crippen LogP) is 2.06. The third-order valence-corrected chi connectivity index (χ3v) is 4.86. The lowest BCUT2D eigenvalue weighted by Gasteiger charge is -2.24. The molecule has 4 rings (SSSR count). The summed E-state index contributed by atoms with van der Waals surface area (Å²) in [6, 6.07) is 2.31. The van der Waals surface area contributed by atoms with Gasteiger partial charge in [-0.15, -0.1) is 0 Å². The molecule has 3 N–H and O–H groups in total. The van der Waals surface area contributed by atoms with Gasteiger partial charge in [-0.1, -0.05) is 0 Å². The number of nitrogens with one attached hydrogen (secondary N) is 1. The van der Waals surface area contributed by atoms with Crippen molar-refractivity contribution in [2.45, 2.75) is 38.8 Å². The van der Waals surface area contributed by atoms with E-state index in [0.717, 1.165) is 19.5 Å². The third kappa shape index (κ3) is 4.47. The van der Waals surface area contributed by atoms with E-state index in [1.165, 1.54) is 0 Å². The summed E-state index contributed by atoms with van der Waals surface area (Å²) in [5.41, 5.74) is 7.21. The zero-order valence-corrected chi connectivity index (χ0v) is 17.1. The zero-order valence-electron chi connectivity index (χ0n) is 17.1. The van der Waals surface area contributed by atoms with Crippen molar-refractivity contribution in [2.24, 2.45) is 0 Å². The average molecular weight is 404 g/mol. The van der Waals surface area contributed by atoms with Crippen molar-refractivity contribution < 1.29 is 18.7 Å². The summed E-state index contributed by atoms with van der Waals surface area (Å²) >= 11 is 0. The summed E-state index contributed by atoms with van der Waals surface area (Å²) in [6.07, 6.45) is 0.487. The molecule has 0 aliphatic carbocycles. The van der Waals surface area contributed by atoms with Crippen LogP contribution in [0.1, 0.15) is 27.2 Å². The summed E-state index contributed by atoms with van der Waals surface area (Å²) in [5.74, 6) is 0.551. The second-order valence-electron chi connectivity index (χ2n) is 8.40. The molecule has 0 spiro atoms. The summed E-state index contributed by atoms with van der Waals surface area (Å²) in [7, 11) is 0. The van der Waals surface area contributed by atoms with Gasteiger partial charge in [0, 0.05) is 38.3 Å². The molecule has 1 atom stereocenters. The molecule has 0 saturated carbocycles. The van der Waals surface area contributed by atoms with Gasteiger partial charge in [0.1, 0.15) is 5.60 Å². The van der Waals surface area contributed by atoms with Gasteiger partial charge in [-0.2, -0.15) is 4.98 Å². The first-order chi connectivity index (χ1) is 13.8. The Kier molecular flexibility index (Phi) is 5.12. The van der Waals surface area contributed by atoms with Gasteiger partial charge in [0.15, 0.2) is 11.4 Å². The number of nitrogen functional groups attached to an aromatic ring is 1. The molecule has 2 aliphatic heterocycles. The fourth-order valence-corrected chi connectivity index (χ4v) is 3.44. The van der Waals surface area contributed by atoms with E-state index in [9.17, 15) is 4.79 Å². The Bertz CT molecular complexity index is 887. The van der Waals surface area contributed by atoms with E-state index < -0.39 is 5.60 Å². The molecule has 2 fully saturated rings. The fourth-order valence-electron chi connectivity index (χ4n) is 3.44. The largest absolute Gasteiger partial charge is 0.444 e. The van der Waals surface area contributed by atoms with Crippen LogP contribution in [0.4, 0.5) is 22.3 Å². The minimum Gasteiger partial charge on any atom is -0.444 e. The third-order valence-electron chi connectivity index (χ3n) is 4.86. The molecule has 2 aromatic rings. The van der Waals surface area contributed by atoms with Gasteiger partial charge in [0.25, 0.3) is 6.01 Å². The lowest BCUT2D eigenvalue weighted by atomic mass is 10.2. The van der Waals surface area contributed by atoms with Gasteiger partial charge >= 0.3 is 6.09 Å². The average Bonchev–Trinajstić information content (AvgIpc) is 3.28. The highest BCUT2D eigenvalue weighted by Gasteiger charge is 2.30. The number of carbonyl (C=O) groups excluding carboxylic acids is 1. The van der Waals surface area contributed by atoms with Crippen molar-refractivity contribution >= 4 is 34.8 Å². The molecule has 0 unspecified atom stereocenters. The van der Waals surface area contributed by atoms with E-state index in [1.54, 1.807) is 11.0 Å². The quantitative estimate of drug-likeness (QED) is 0.792. The van der Waals surface area contributed by atoms with Gasteiger partial charge in [-0.05, 0) is 27.2 Å². The summed E-state index contributed by atoms with van der Waals surface area (Å²) in [5, 5.41) is 3.34.